The lowest BCUT2D eigenvalue weighted by Crippen LogP contribution is -2.33. The minimum absolute atomic E-state index is 0.588. The zero-order valence-corrected chi connectivity index (χ0v) is 8.17. The van der Waals surface area contributed by atoms with E-state index >= 15 is 0 Å². The van der Waals surface area contributed by atoms with E-state index in [-0.39, 0.29) is 0 Å². The molecule has 3 heteroatoms. The van der Waals surface area contributed by atoms with Crippen molar-refractivity contribution in [1.29, 1.82) is 5.26 Å². The molecule has 0 aliphatic heterocycles. The third-order valence-electron chi connectivity index (χ3n) is 2.12. The predicted octanol–water partition coefficient (Wildman–Crippen LogP) is 2.43. The molecule has 13 heavy (non-hydrogen) atoms. The van der Waals surface area contributed by atoms with Gasteiger partial charge in [0.25, 0.3) is 0 Å². The normalized spacial score (nSPS) is 14.6. The summed E-state index contributed by atoms with van der Waals surface area (Å²) in [4.78, 5) is 0. The number of halogens is 1. The molecule has 2 nitrogen and oxygen atoms in total. The van der Waals surface area contributed by atoms with Crippen molar-refractivity contribution < 1.29 is 0 Å². The van der Waals surface area contributed by atoms with E-state index in [2.05, 4.69) is 6.07 Å². The van der Waals surface area contributed by atoms with E-state index in [0.717, 1.165) is 5.56 Å². The second-order valence-electron chi connectivity index (χ2n) is 2.94. The summed E-state index contributed by atoms with van der Waals surface area (Å²) in [5.74, 6) is 0. The molecule has 1 aromatic carbocycles. The summed E-state index contributed by atoms with van der Waals surface area (Å²) in [7, 11) is 0. The van der Waals surface area contributed by atoms with Crippen molar-refractivity contribution in [1.82, 2.24) is 0 Å². The summed E-state index contributed by atoms with van der Waals surface area (Å²) < 4.78 is 0. The van der Waals surface area contributed by atoms with E-state index in [0.29, 0.717) is 11.4 Å². The summed E-state index contributed by atoms with van der Waals surface area (Å²) in [5, 5.41) is 9.55. The zero-order chi connectivity index (χ0) is 9.90. The molecule has 0 unspecified atom stereocenters. The highest BCUT2D eigenvalue weighted by Crippen LogP contribution is 2.22. The Morgan fingerprint density at radius 3 is 2.38 bits per heavy atom. The summed E-state index contributed by atoms with van der Waals surface area (Å²) in [6.07, 6.45) is 0.588. The Hall–Kier alpha value is -1.04. The molecular weight excluding hydrogens is 184 g/mol. The van der Waals surface area contributed by atoms with Crippen molar-refractivity contribution >= 4 is 11.6 Å². The predicted molar refractivity (Wildman–Crippen MR) is 53.2 cm³/mol. The van der Waals surface area contributed by atoms with Crippen LogP contribution in [0.2, 0.25) is 5.02 Å². The van der Waals surface area contributed by atoms with Gasteiger partial charge in [0, 0.05) is 5.02 Å². The number of hydrogen-bond acceptors (Lipinski definition) is 2. The fourth-order valence-electron chi connectivity index (χ4n) is 1.10. The maximum Gasteiger partial charge on any atom is 0.129 e. The number of hydrogen-bond donors (Lipinski definition) is 1. The van der Waals surface area contributed by atoms with Gasteiger partial charge in [0.15, 0.2) is 0 Å². The molecule has 1 aromatic rings. The van der Waals surface area contributed by atoms with E-state index in [1.54, 1.807) is 24.3 Å². The standard InChI is InChI=1S/C10H11ClN2/c1-2-10(13,7-12)8-3-5-9(11)6-4-8/h3-6H,2,13H2,1H3/t10-/m1/s1. The molecule has 1 atom stereocenters. The molecule has 2 N–H and O–H groups in total. The molecule has 1 rings (SSSR count). The zero-order valence-electron chi connectivity index (χ0n) is 7.42. The number of benzene rings is 1. The highest BCUT2D eigenvalue weighted by Gasteiger charge is 2.24. The van der Waals surface area contributed by atoms with Crippen LogP contribution in [0, 0.1) is 11.3 Å². The first kappa shape index (κ1) is 10.0. The lowest BCUT2D eigenvalue weighted by Gasteiger charge is -2.19. The Morgan fingerprint density at radius 1 is 1.46 bits per heavy atom. The van der Waals surface area contributed by atoms with Crippen LogP contribution in [-0.2, 0) is 5.54 Å². The van der Waals surface area contributed by atoms with Gasteiger partial charge in [-0.3, -0.25) is 0 Å². The summed E-state index contributed by atoms with van der Waals surface area (Å²) in [5.41, 5.74) is 5.79. The van der Waals surface area contributed by atoms with E-state index in [4.69, 9.17) is 22.6 Å². The average Bonchev–Trinajstić information content (AvgIpc) is 2.18. The lowest BCUT2D eigenvalue weighted by atomic mass is 9.90. The first-order valence-electron chi connectivity index (χ1n) is 4.08. The van der Waals surface area contributed by atoms with Crippen LogP contribution >= 0.6 is 11.6 Å². The van der Waals surface area contributed by atoms with Crippen molar-refractivity contribution in [3.8, 4) is 6.07 Å². The van der Waals surface area contributed by atoms with Gasteiger partial charge in [0.1, 0.15) is 5.54 Å². The Balaban J connectivity index is 3.08. The number of nitrogens with zero attached hydrogens (tertiary/aromatic N) is 1. The number of nitriles is 1. The van der Waals surface area contributed by atoms with Gasteiger partial charge in [-0.05, 0) is 24.1 Å². The highest BCUT2D eigenvalue weighted by atomic mass is 35.5. The van der Waals surface area contributed by atoms with Crippen LogP contribution in [0.5, 0.6) is 0 Å². The lowest BCUT2D eigenvalue weighted by molar-refractivity contribution is 0.555. The summed E-state index contributed by atoms with van der Waals surface area (Å²) in [6, 6.07) is 9.16. The van der Waals surface area contributed by atoms with Crippen LogP contribution in [0.3, 0.4) is 0 Å². The minimum atomic E-state index is -0.884. The van der Waals surface area contributed by atoms with Gasteiger partial charge in [0.2, 0.25) is 0 Å². The molecule has 0 saturated carbocycles. The molecule has 0 bridgehead atoms. The Bertz CT molecular complexity index is 326. The molecule has 68 valence electrons. The second-order valence-corrected chi connectivity index (χ2v) is 3.38. The van der Waals surface area contributed by atoms with Crippen LogP contribution in [0.4, 0.5) is 0 Å². The van der Waals surface area contributed by atoms with Crippen LogP contribution in [0.1, 0.15) is 18.9 Å². The van der Waals surface area contributed by atoms with Crippen molar-refractivity contribution in [2.24, 2.45) is 5.73 Å². The van der Waals surface area contributed by atoms with Gasteiger partial charge in [-0.2, -0.15) is 5.26 Å². The Morgan fingerprint density at radius 2 is 2.00 bits per heavy atom. The summed E-state index contributed by atoms with van der Waals surface area (Å²) >= 11 is 5.72. The van der Waals surface area contributed by atoms with E-state index in [9.17, 15) is 0 Å². The average molecular weight is 195 g/mol. The third-order valence-corrected chi connectivity index (χ3v) is 2.37. The number of nitrogens with two attached hydrogens (primary N) is 1. The second kappa shape index (κ2) is 3.78. The quantitative estimate of drug-likeness (QED) is 0.786. The monoisotopic (exact) mass is 194 g/mol. The van der Waals surface area contributed by atoms with Crippen LogP contribution in [-0.4, -0.2) is 0 Å². The maximum atomic E-state index is 8.90. The molecule has 0 aliphatic carbocycles. The molecule has 0 aromatic heterocycles. The van der Waals surface area contributed by atoms with Gasteiger partial charge in [-0.25, -0.2) is 0 Å². The molecular formula is C10H11ClN2. The molecule has 0 radical (unpaired) electrons. The topological polar surface area (TPSA) is 49.8 Å². The molecule has 0 amide bonds. The molecule has 0 fully saturated rings. The van der Waals surface area contributed by atoms with Gasteiger partial charge < -0.3 is 5.73 Å². The molecule has 0 aliphatic rings. The van der Waals surface area contributed by atoms with Crippen molar-refractivity contribution in [2.45, 2.75) is 18.9 Å². The molecule has 0 saturated heterocycles. The minimum Gasteiger partial charge on any atom is -0.310 e. The smallest absolute Gasteiger partial charge is 0.129 e. The first-order valence-corrected chi connectivity index (χ1v) is 4.46. The fraction of sp³-hybridized carbons (Fsp3) is 0.300. The van der Waals surface area contributed by atoms with E-state index < -0.39 is 5.54 Å². The molecule has 0 heterocycles. The maximum absolute atomic E-state index is 8.90. The van der Waals surface area contributed by atoms with Crippen LogP contribution in [0.15, 0.2) is 24.3 Å². The Labute approximate surface area is 82.9 Å². The van der Waals surface area contributed by atoms with Crippen molar-refractivity contribution in [3.63, 3.8) is 0 Å². The van der Waals surface area contributed by atoms with Gasteiger partial charge in [-0.15, -0.1) is 0 Å². The fourth-order valence-corrected chi connectivity index (χ4v) is 1.22. The first-order chi connectivity index (χ1) is 6.12. The van der Waals surface area contributed by atoms with E-state index in [1.807, 2.05) is 6.92 Å². The van der Waals surface area contributed by atoms with Gasteiger partial charge >= 0.3 is 0 Å². The largest absolute Gasteiger partial charge is 0.310 e. The van der Waals surface area contributed by atoms with Crippen molar-refractivity contribution in [2.75, 3.05) is 0 Å². The Kier molecular flexibility index (Phi) is 2.92. The SMILES string of the molecule is CC[C@@](N)(C#N)c1ccc(Cl)cc1. The van der Waals surface area contributed by atoms with Gasteiger partial charge in [0.05, 0.1) is 6.07 Å². The van der Waals surface area contributed by atoms with Crippen LogP contribution < -0.4 is 5.73 Å². The molecule has 0 spiro atoms. The van der Waals surface area contributed by atoms with Gasteiger partial charge in [-0.1, -0.05) is 30.7 Å². The van der Waals surface area contributed by atoms with E-state index in [1.165, 1.54) is 0 Å². The van der Waals surface area contributed by atoms with Crippen molar-refractivity contribution in [3.05, 3.63) is 34.9 Å². The highest BCUT2D eigenvalue weighted by molar-refractivity contribution is 6.30. The number of rotatable bonds is 2. The third kappa shape index (κ3) is 2.00. The van der Waals surface area contributed by atoms with Crippen LogP contribution in [0.25, 0.3) is 0 Å². The summed E-state index contributed by atoms with van der Waals surface area (Å²) in [6.45, 7) is 1.89.